The molecule has 0 aliphatic rings. The quantitative estimate of drug-likeness (QED) is 0.572. The summed E-state index contributed by atoms with van der Waals surface area (Å²) in [6.45, 7) is 8.02. The second kappa shape index (κ2) is 9.47. The molecule has 0 spiro atoms. The zero-order valence-corrected chi connectivity index (χ0v) is 17.6. The third kappa shape index (κ3) is 5.78. The van der Waals surface area contributed by atoms with Crippen molar-refractivity contribution in [1.82, 2.24) is 0 Å². The number of benzene rings is 2. The molecule has 4 nitrogen and oxygen atoms in total. The molecule has 0 bridgehead atoms. The van der Waals surface area contributed by atoms with Crippen LogP contribution >= 0.6 is 8.58 Å². The van der Waals surface area contributed by atoms with Crippen molar-refractivity contribution in [1.29, 1.82) is 0 Å². The molecule has 136 valence electrons. The normalized spacial score (nSPS) is 11.2. The zero-order valence-electron chi connectivity index (χ0n) is 17.6. The number of ether oxygens (including phenoxy) is 3. The number of hydrogen-bond acceptors (Lipinski definition) is 4. The summed E-state index contributed by atoms with van der Waals surface area (Å²) in [5.74, 6) is 1.87. The molecule has 0 fully saturated rings. The van der Waals surface area contributed by atoms with Gasteiger partial charge in [0.1, 0.15) is 28.4 Å². The Morgan fingerprint density at radius 1 is 1.04 bits per heavy atom. The first-order valence-electron chi connectivity index (χ1n) is 8.07. The van der Waals surface area contributed by atoms with E-state index in [1.165, 1.54) is 0 Å². The smallest absolute Gasteiger partial charge is 1.00 e. The van der Waals surface area contributed by atoms with Gasteiger partial charge in [0.25, 0.3) is 0 Å². The summed E-state index contributed by atoms with van der Waals surface area (Å²) in [6.07, 6.45) is 0. The molecule has 0 aliphatic heterocycles. The second-order valence-corrected chi connectivity index (χ2v) is 7.93. The van der Waals surface area contributed by atoms with Gasteiger partial charge < -0.3 is 15.6 Å². The van der Waals surface area contributed by atoms with Crippen molar-refractivity contribution in [3.63, 3.8) is 0 Å². The van der Waals surface area contributed by atoms with Gasteiger partial charge in [0.2, 0.25) is 0 Å². The molecule has 0 amide bonds. The molecule has 0 saturated heterocycles. The molecule has 0 heterocycles. The third-order valence-electron chi connectivity index (χ3n) is 3.52. The molecule has 0 aliphatic carbocycles. The minimum absolute atomic E-state index is 0. The van der Waals surface area contributed by atoms with Crippen molar-refractivity contribution in [3.8, 4) is 17.2 Å². The predicted octanol–water partition coefficient (Wildman–Crippen LogP) is 1.45. The fraction of sp³-hybridized carbons (Fsp3) is 0.350. The molecular formula is C20H26LiO4P. The molecule has 0 N–H and O–H groups in total. The maximum Gasteiger partial charge on any atom is 1.00 e. The Labute approximate surface area is 171 Å². The SMILES string of the molecule is COc1cccc(OC)c1C(=O)Pc1ccc(OC(C)(C)C)cc1C.[H-].[Li+]. The van der Waals surface area contributed by atoms with E-state index in [2.05, 4.69) is 0 Å². The van der Waals surface area contributed by atoms with Gasteiger partial charge in [-0.15, -0.1) is 0 Å². The topological polar surface area (TPSA) is 44.8 Å². The number of carbonyl (C=O) groups is 1. The van der Waals surface area contributed by atoms with Gasteiger partial charge >= 0.3 is 18.9 Å². The first-order chi connectivity index (χ1) is 11.7. The van der Waals surface area contributed by atoms with Gasteiger partial charge in [-0.05, 0) is 71.4 Å². The maximum absolute atomic E-state index is 12.9. The summed E-state index contributed by atoms with van der Waals surface area (Å²) < 4.78 is 16.5. The summed E-state index contributed by atoms with van der Waals surface area (Å²) >= 11 is 0. The fourth-order valence-corrected chi connectivity index (χ4v) is 3.51. The average Bonchev–Trinajstić information content (AvgIpc) is 2.54. The van der Waals surface area contributed by atoms with Crippen molar-refractivity contribution < 1.29 is 39.3 Å². The first-order valence-corrected chi connectivity index (χ1v) is 9.07. The Morgan fingerprint density at radius 2 is 1.62 bits per heavy atom. The van der Waals surface area contributed by atoms with Gasteiger partial charge in [-0.1, -0.05) is 12.1 Å². The van der Waals surface area contributed by atoms with E-state index in [4.69, 9.17) is 14.2 Å². The fourth-order valence-electron chi connectivity index (χ4n) is 2.45. The largest absolute Gasteiger partial charge is 1.00 e. The van der Waals surface area contributed by atoms with Gasteiger partial charge in [-0.3, -0.25) is 4.79 Å². The van der Waals surface area contributed by atoms with Crippen LogP contribution < -0.4 is 38.4 Å². The summed E-state index contributed by atoms with van der Waals surface area (Å²) in [5, 5.41) is 0.985. The summed E-state index contributed by atoms with van der Waals surface area (Å²) in [5.41, 5.74) is 1.25. The zero-order chi connectivity index (χ0) is 18.6. The molecular weight excluding hydrogens is 342 g/mol. The number of hydrogen-bond donors (Lipinski definition) is 0. The summed E-state index contributed by atoms with van der Waals surface area (Å²) in [4.78, 5) is 12.9. The van der Waals surface area contributed by atoms with E-state index in [1.54, 1.807) is 32.4 Å². The van der Waals surface area contributed by atoms with Gasteiger partial charge in [-0.2, -0.15) is 0 Å². The van der Waals surface area contributed by atoms with E-state index in [0.717, 1.165) is 16.6 Å². The van der Waals surface area contributed by atoms with Crippen LogP contribution in [0.1, 0.15) is 38.1 Å². The van der Waals surface area contributed by atoms with Crippen LogP contribution in [0.15, 0.2) is 36.4 Å². The van der Waals surface area contributed by atoms with E-state index in [9.17, 15) is 4.79 Å². The maximum atomic E-state index is 12.9. The Balaban J connectivity index is 0.00000338. The molecule has 2 rings (SSSR count). The summed E-state index contributed by atoms with van der Waals surface area (Å²) in [6, 6.07) is 11.2. The van der Waals surface area contributed by atoms with Crippen molar-refractivity contribution in [2.75, 3.05) is 14.2 Å². The Morgan fingerprint density at radius 3 is 2.08 bits per heavy atom. The van der Waals surface area contributed by atoms with Crippen molar-refractivity contribution in [2.24, 2.45) is 0 Å². The standard InChI is InChI=1S/C20H25O4P.Li.H/c1-13-12-14(24-20(2,3)4)10-11-17(13)25-19(21)18-15(22-5)8-7-9-16(18)23-6;;/h7-12,25H,1-6H3;;/q;+1;-1. The predicted molar refractivity (Wildman–Crippen MR) is 104 cm³/mol. The minimum Gasteiger partial charge on any atom is -1.00 e. The van der Waals surface area contributed by atoms with E-state index in [1.807, 2.05) is 45.9 Å². The number of rotatable bonds is 6. The molecule has 6 heteroatoms. The molecule has 1 unspecified atom stereocenters. The second-order valence-electron chi connectivity index (χ2n) is 6.68. The van der Waals surface area contributed by atoms with Crippen LogP contribution in [0, 0.1) is 6.92 Å². The van der Waals surface area contributed by atoms with Gasteiger partial charge in [-0.25, -0.2) is 0 Å². The van der Waals surface area contributed by atoms with Crippen molar-refractivity contribution >= 4 is 19.4 Å². The van der Waals surface area contributed by atoms with E-state index in [0.29, 0.717) is 17.1 Å². The third-order valence-corrected chi connectivity index (χ3v) is 4.83. The van der Waals surface area contributed by atoms with Crippen LogP contribution in [0.5, 0.6) is 17.2 Å². The molecule has 2 aromatic rings. The van der Waals surface area contributed by atoms with E-state index >= 15 is 0 Å². The minimum atomic E-state index is -0.253. The van der Waals surface area contributed by atoms with Crippen molar-refractivity contribution in [3.05, 3.63) is 47.5 Å². The van der Waals surface area contributed by atoms with Crippen LogP contribution in [-0.4, -0.2) is 25.3 Å². The number of aryl methyl sites for hydroxylation is 1. The summed E-state index contributed by atoms with van der Waals surface area (Å²) in [7, 11) is 3.09. The van der Waals surface area contributed by atoms with Gasteiger partial charge in [0.15, 0.2) is 5.52 Å². The number of carbonyl (C=O) groups excluding carboxylic acids is 1. The number of methoxy groups -OCH3 is 2. The molecule has 0 aromatic heterocycles. The first kappa shape index (κ1) is 22.6. The molecule has 0 radical (unpaired) electrons. The Kier molecular flexibility index (Phi) is 8.22. The van der Waals surface area contributed by atoms with Crippen molar-refractivity contribution in [2.45, 2.75) is 33.3 Å². The van der Waals surface area contributed by atoms with E-state index in [-0.39, 0.29) is 40.0 Å². The van der Waals surface area contributed by atoms with Crippen LogP contribution in [0.2, 0.25) is 0 Å². The molecule has 0 saturated carbocycles. The Hall–Kier alpha value is -1.46. The molecule has 1 atom stereocenters. The average molecular weight is 368 g/mol. The van der Waals surface area contributed by atoms with Crippen LogP contribution in [0.4, 0.5) is 0 Å². The van der Waals surface area contributed by atoms with Crippen LogP contribution in [0.25, 0.3) is 0 Å². The monoisotopic (exact) mass is 368 g/mol. The van der Waals surface area contributed by atoms with Crippen LogP contribution in [-0.2, 0) is 0 Å². The molecule has 26 heavy (non-hydrogen) atoms. The van der Waals surface area contributed by atoms with Gasteiger partial charge in [0.05, 0.1) is 14.2 Å². The van der Waals surface area contributed by atoms with E-state index < -0.39 is 0 Å². The Bertz CT molecular complexity index is 753. The molecule has 2 aromatic carbocycles. The van der Waals surface area contributed by atoms with Gasteiger partial charge in [0, 0.05) is 0 Å². The van der Waals surface area contributed by atoms with Crippen LogP contribution in [0.3, 0.4) is 0 Å².